The van der Waals surface area contributed by atoms with Gasteiger partial charge in [-0.15, -0.1) is 0 Å². The van der Waals surface area contributed by atoms with Gasteiger partial charge in [0.1, 0.15) is 0 Å². The Balaban J connectivity index is 2.64. The molecule has 6 heteroatoms. The fraction of sp³-hybridized carbons (Fsp3) is 0.538. The number of nitrogens with zero attached hydrogens (tertiary/aromatic N) is 1. The second kappa shape index (κ2) is 7.47. The molecule has 0 bridgehead atoms. The molecule has 0 aliphatic rings. The largest absolute Gasteiger partial charge is 0.399 e. The van der Waals surface area contributed by atoms with Crippen molar-refractivity contribution in [2.45, 2.75) is 33.2 Å². The van der Waals surface area contributed by atoms with Crippen molar-refractivity contribution < 1.29 is 8.42 Å². The Hall–Kier alpha value is -1.11. The van der Waals surface area contributed by atoms with Gasteiger partial charge in [-0.1, -0.05) is 26.0 Å². The van der Waals surface area contributed by atoms with Crippen LogP contribution in [0, 0.1) is 0 Å². The predicted octanol–water partition coefficient (Wildman–Crippen LogP) is 1.73. The van der Waals surface area contributed by atoms with Gasteiger partial charge in [-0.3, -0.25) is 0 Å². The van der Waals surface area contributed by atoms with E-state index in [1.165, 1.54) is 4.31 Å². The van der Waals surface area contributed by atoms with Gasteiger partial charge >= 0.3 is 0 Å². The Morgan fingerprint density at radius 2 is 1.63 bits per heavy atom. The highest BCUT2D eigenvalue weighted by atomic mass is 32.2. The lowest BCUT2D eigenvalue weighted by Crippen LogP contribution is -2.41. The van der Waals surface area contributed by atoms with E-state index in [9.17, 15) is 8.42 Å². The van der Waals surface area contributed by atoms with Gasteiger partial charge in [0.25, 0.3) is 10.2 Å². The average Bonchev–Trinajstić information content (AvgIpc) is 2.38. The van der Waals surface area contributed by atoms with Gasteiger partial charge in [0.15, 0.2) is 0 Å². The third-order valence-electron chi connectivity index (χ3n) is 2.72. The molecule has 1 aromatic rings. The van der Waals surface area contributed by atoms with Crippen LogP contribution in [0.15, 0.2) is 24.3 Å². The minimum atomic E-state index is -3.40. The van der Waals surface area contributed by atoms with E-state index < -0.39 is 10.2 Å². The summed E-state index contributed by atoms with van der Waals surface area (Å²) in [5, 5.41) is 0. The summed E-state index contributed by atoms with van der Waals surface area (Å²) in [7, 11) is -3.40. The highest BCUT2D eigenvalue weighted by Crippen LogP contribution is 2.07. The van der Waals surface area contributed by atoms with Gasteiger partial charge in [-0.2, -0.15) is 17.4 Å². The fourth-order valence-electron chi connectivity index (χ4n) is 1.75. The normalized spacial score (nSPS) is 11.9. The van der Waals surface area contributed by atoms with Gasteiger partial charge < -0.3 is 5.73 Å². The summed E-state index contributed by atoms with van der Waals surface area (Å²) in [6, 6.07) is 7.17. The molecule has 0 spiro atoms. The molecular formula is C13H23N3O2S. The second-order valence-electron chi connectivity index (χ2n) is 4.47. The van der Waals surface area contributed by atoms with E-state index in [0.29, 0.717) is 18.8 Å². The lowest BCUT2D eigenvalue weighted by atomic mass is 10.2. The summed E-state index contributed by atoms with van der Waals surface area (Å²) in [5.74, 6) is 0. The van der Waals surface area contributed by atoms with Crippen LogP contribution in [0.25, 0.3) is 0 Å². The van der Waals surface area contributed by atoms with Crippen LogP contribution in [0.5, 0.6) is 0 Å². The van der Waals surface area contributed by atoms with Gasteiger partial charge in [-0.05, 0) is 30.5 Å². The maximum absolute atomic E-state index is 12.1. The first-order chi connectivity index (χ1) is 8.99. The molecule has 5 nitrogen and oxygen atoms in total. The Morgan fingerprint density at radius 3 is 2.11 bits per heavy atom. The van der Waals surface area contributed by atoms with Crippen molar-refractivity contribution in [2.24, 2.45) is 0 Å². The first-order valence-electron chi connectivity index (χ1n) is 6.58. The van der Waals surface area contributed by atoms with Gasteiger partial charge in [-0.25, -0.2) is 0 Å². The number of anilines is 1. The van der Waals surface area contributed by atoms with Gasteiger partial charge in [0.05, 0.1) is 0 Å². The van der Waals surface area contributed by atoms with E-state index in [0.717, 1.165) is 18.4 Å². The summed E-state index contributed by atoms with van der Waals surface area (Å²) in [6.07, 6.45) is 1.62. The van der Waals surface area contributed by atoms with Crippen molar-refractivity contribution in [3.05, 3.63) is 29.8 Å². The lowest BCUT2D eigenvalue weighted by molar-refractivity contribution is 0.401. The van der Waals surface area contributed by atoms with Crippen LogP contribution in [0.1, 0.15) is 32.3 Å². The standard InChI is InChI=1S/C13H23N3O2S/c1-3-9-16(10-4-2)19(17,18)15-11-12-5-7-13(14)8-6-12/h5-8,15H,3-4,9-11,14H2,1-2H3. The zero-order valence-electron chi connectivity index (χ0n) is 11.6. The number of benzene rings is 1. The van der Waals surface area contributed by atoms with E-state index in [1.807, 2.05) is 26.0 Å². The van der Waals surface area contributed by atoms with Gasteiger partial charge in [0.2, 0.25) is 0 Å². The maximum Gasteiger partial charge on any atom is 0.279 e. The molecule has 3 N–H and O–H groups in total. The number of nitrogens with one attached hydrogen (secondary N) is 1. The molecule has 19 heavy (non-hydrogen) atoms. The average molecular weight is 285 g/mol. The molecule has 0 saturated heterocycles. The summed E-state index contributed by atoms with van der Waals surface area (Å²) in [4.78, 5) is 0. The molecule has 0 aromatic heterocycles. The summed E-state index contributed by atoms with van der Waals surface area (Å²) >= 11 is 0. The third-order valence-corrected chi connectivity index (χ3v) is 4.28. The minimum Gasteiger partial charge on any atom is -0.399 e. The van der Waals surface area contributed by atoms with Crippen LogP contribution in [0.4, 0.5) is 5.69 Å². The molecule has 0 unspecified atom stereocenters. The number of hydrogen-bond donors (Lipinski definition) is 2. The minimum absolute atomic E-state index is 0.284. The maximum atomic E-state index is 12.1. The van der Waals surface area contributed by atoms with Crippen molar-refractivity contribution in [1.82, 2.24) is 9.03 Å². The molecule has 108 valence electrons. The molecule has 1 rings (SSSR count). The monoisotopic (exact) mass is 285 g/mol. The molecule has 0 aliphatic carbocycles. The first kappa shape index (κ1) is 15.9. The van der Waals surface area contributed by atoms with E-state index in [2.05, 4.69) is 4.72 Å². The highest BCUT2D eigenvalue weighted by molar-refractivity contribution is 7.87. The Morgan fingerprint density at radius 1 is 1.11 bits per heavy atom. The van der Waals surface area contributed by atoms with Crippen molar-refractivity contribution in [3.63, 3.8) is 0 Å². The molecule has 0 radical (unpaired) electrons. The smallest absolute Gasteiger partial charge is 0.279 e. The third kappa shape index (κ3) is 5.18. The molecule has 0 amide bonds. The summed E-state index contributed by atoms with van der Waals surface area (Å²) in [6.45, 7) is 5.32. The molecule has 0 atom stereocenters. The summed E-state index contributed by atoms with van der Waals surface area (Å²) < 4.78 is 28.4. The van der Waals surface area contributed by atoms with Crippen LogP contribution in [0.3, 0.4) is 0 Å². The topological polar surface area (TPSA) is 75.4 Å². The summed E-state index contributed by atoms with van der Waals surface area (Å²) in [5.41, 5.74) is 7.15. The SMILES string of the molecule is CCCN(CCC)S(=O)(=O)NCc1ccc(N)cc1. The lowest BCUT2D eigenvalue weighted by Gasteiger charge is -2.21. The predicted molar refractivity (Wildman–Crippen MR) is 78.8 cm³/mol. The van der Waals surface area contributed by atoms with Crippen molar-refractivity contribution in [2.75, 3.05) is 18.8 Å². The second-order valence-corrected chi connectivity index (χ2v) is 6.22. The van der Waals surface area contributed by atoms with Crippen LogP contribution in [0.2, 0.25) is 0 Å². The van der Waals surface area contributed by atoms with Crippen molar-refractivity contribution in [3.8, 4) is 0 Å². The van der Waals surface area contributed by atoms with E-state index in [1.54, 1.807) is 12.1 Å². The Labute approximate surface area is 116 Å². The zero-order valence-corrected chi connectivity index (χ0v) is 12.4. The molecule has 0 heterocycles. The molecule has 1 aromatic carbocycles. The highest BCUT2D eigenvalue weighted by Gasteiger charge is 2.19. The van der Waals surface area contributed by atoms with E-state index in [-0.39, 0.29) is 6.54 Å². The van der Waals surface area contributed by atoms with E-state index in [4.69, 9.17) is 5.73 Å². The van der Waals surface area contributed by atoms with Crippen molar-refractivity contribution in [1.29, 1.82) is 0 Å². The molecule has 0 saturated carbocycles. The number of hydrogen-bond acceptors (Lipinski definition) is 3. The number of rotatable bonds is 8. The van der Waals surface area contributed by atoms with E-state index >= 15 is 0 Å². The van der Waals surface area contributed by atoms with Crippen LogP contribution >= 0.6 is 0 Å². The molecular weight excluding hydrogens is 262 g/mol. The van der Waals surface area contributed by atoms with Crippen LogP contribution < -0.4 is 10.5 Å². The zero-order chi connectivity index (χ0) is 14.3. The Bertz CT molecular complexity index is 465. The number of nitrogen functional groups attached to an aromatic ring is 1. The number of nitrogens with two attached hydrogens (primary N) is 1. The first-order valence-corrected chi connectivity index (χ1v) is 8.02. The molecule has 0 aliphatic heterocycles. The fourth-order valence-corrected chi connectivity index (χ4v) is 3.13. The van der Waals surface area contributed by atoms with Gasteiger partial charge in [0, 0.05) is 25.3 Å². The van der Waals surface area contributed by atoms with Crippen LogP contribution in [-0.4, -0.2) is 25.8 Å². The molecule has 0 fully saturated rings. The van der Waals surface area contributed by atoms with Crippen molar-refractivity contribution >= 4 is 15.9 Å². The Kier molecular flexibility index (Phi) is 6.27. The quantitative estimate of drug-likeness (QED) is 0.714. The van der Waals surface area contributed by atoms with Crippen LogP contribution in [-0.2, 0) is 16.8 Å².